The Bertz CT molecular complexity index is 544. The number of hydrogen-bond acceptors (Lipinski definition) is 3. The molecule has 0 aliphatic carbocycles. The summed E-state index contributed by atoms with van der Waals surface area (Å²) >= 11 is 6.15. The summed E-state index contributed by atoms with van der Waals surface area (Å²) < 4.78 is 5.05. The number of amides is 1. The molecule has 1 atom stereocenters. The van der Waals surface area contributed by atoms with E-state index < -0.39 is 0 Å². The van der Waals surface area contributed by atoms with Crippen molar-refractivity contribution in [1.82, 2.24) is 4.90 Å². The number of piperidine rings is 1. The molecule has 1 saturated heterocycles. The van der Waals surface area contributed by atoms with Gasteiger partial charge in [-0.2, -0.15) is 0 Å². The van der Waals surface area contributed by atoms with Gasteiger partial charge in [-0.05, 0) is 44.4 Å². The predicted molar refractivity (Wildman–Crippen MR) is 81.4 cm³/mol. The van der Waals surface area contributed by atoms with Crippen LogP contribution in [0.5, 0.6) is 0 Å². The number of aryl methyl sites for hydroxylation is 1. The van der Waals surface area contributed by atoms with Crippen LogP contribution in [0.4, 0.5) is 0 Å². The second kappa shape index (κ2) is 6.94. The summed E-state index contributed by atoms with van der Waals surface area (Å²) in [5.74, 6) is -0.564. The van der Waals surface area contributed by atoms with Gasteiger partial charge in [0.2, 0.25) is 0 Å². The molecule has 1 aromatic rings. The van der Waals surface area contributed by atoms with E-state index >= 15 is 0 Å². The second-order valence-electron chi connectivity index (χ2n) is 5.33. The number of hydrogen-bond donors (Lipinski definition) is 0. The van der Waals surface area contributed by atoms with Crippen LogP contribution in [0.25, 0.3) is 0 Å². The van der Waals surface area contributed by atoms with Crippen LogP contribution in [0.1, 0.15) is 35.7 Å². The monoisotopic (exact) mass is 309 g/mol. The lowest BCUT2D eigenvalue weighted by Crippen LogP contribution is -2.42. The highest BCUT2D eigenvalue weighted by atomic mass is 35.5. The average molecular weight is 310 g/mol. The number of rotatable bonds is 3. The number of halogens is 1. The van der Waals surface area contributed by atoms with E-state index in [-0.39, 0.29) is 17.8 Å². The van der Waals surface area contributed by atoms with Crippen LogP contribution >= 0.6 is 11.6 Å². The molecule has 4 nitrogen and oxygen atoms in total. The Labute approximate surface area is 130 Å². The van der Waals surface area contributed by atoms with Crippen LogP contribution in [0, 0.1) is 12.8 Å². The second-order valence-corrected chi connectivity index (χ2v) is 5.73. The number of carbonyl (C=O) groups is 2. The maximum absolute atomic E-state index is 12.5. The Morgan fingerprint density at radius 3 is 2.86 bits per heavy atom. The van der Waals surface area contributed by atoms with E-state index in [1.165, 1.54) is 0 Å². The fraction of sp³-hybridized carbons (Fsp3) is 0.500. The molecule has 1 fully saturated rings. The van der Waals surface area contributed by atoms with Crippen LogP contribution in [0.15, 0.2) is 18.2 Å². The number of esters is 1. The van der Waals surface area contributed by atoms with Crippen LogP contribution in [-0.2, 0) is 9.53 Å². The summed E-state index contributed by atoms with van der Waals surface area (Å²) in [7, 11) is 0. The maximum Gasteiger partial charge on any atom is 0.310 e. The highest BCUT2D eigenvalue weighted by Gasteiger charge is 2.30. The summed E-state index contributed by atoms with van der Waals surface area (Å²) in [5, 5.41) is 0.457. The van der Waals surface area contributed by atoms with E-state index in [2.05, 4.69) is 0 Å². The Balaban J connectivity index is 2.10. The zero-order valence-corrected chi connectivity index (χ0v) is 13.2. The summed E-state index contributed by atoms with van der Waals surface area (Å²) in [6.45, 7) is 5.14. The van der Waals surface area contributed by atoms with Crippen molar-refractivity contribution in [2.75, 3.05) is 19.7 Å². The highest BCUT2D eigenvalue weighted by molar-refractivity contribution is 6.33. The molecule has 0 bridgehead atoms. The van der Waals surface area contributed by atoms with Crippen molar-refractivity contribution >= 4 is 23.5 Å². The van der Waals surface area contributed by atoms with Gasteiger partial charge in [0.15, 0.2) is 0 Å². The van der Waals surface area contributed by atoms with E-state index in [1.807, 2.05) is 13.0 Å². The molecule has 0 radical (unpaired) electrons. The van der Waals surface area contributed by atoms with Gasteiger partial charge in [-0.1, -0.05) is 17.7 Å². The van der Waals surface area contributed by atoms with E-state index in [9.17, 15) is 9.59 Å². The predicted octanol–water partition coefficient (Wildman–Crippen LogP) is 3.06. The van der Waals surface area contributed by atoms with Crippen molar-refractivity contribution in [3.63, 3.8) is 0 Å². The van der Waals surface area contributed by atoms with E-state index in [0.29, 0.717) is 30.3 Å². The SMILES string of the molecule is CCOC(=O)[C@@H]1CCCN(C(=O)c2ccc(C)cc2Cl)C1. The standard InChI is InChI=1S/C16H20ClNO3/c1-3-21-16(20)12-5-4-8-18(10-12)15(19)13-7-6-11(2)9-14(13)17/h6-7,9,12H,3-5,8,10H2,1-2H3/t12-/m1/s1. The summed E-state index contributed by atoms with van der Waals surface area (Å²) in [5.41, 5.74) is 1.51. The molecule has 0 spiro atoms. The molecular formula is C16H20ClNO3. The summed E-state index contributed by atoms with van der Waals surface area (Å²) in [6, 6.07) is 5.39. The molecule has 1 aliphatic rings. The van der Waals surface area contributed by atoms with Crippen LogP contribution in [0.3, 0.4) is 0 Å². The first kappa shape index (κ1) is 15.8. The van der Waals surface area contributed by atoms with Gasteiger partial charge in [-0.15, -0.1) is 0 Å². The van der Waals surface area contributed by atoms with Gasteiger partial charge in [-0.25, -0.2) is 0 Å². The van der Waals surface area contributed by atoms with Crippen LogP contribution in [0.2, 0.25) is 5.02 Å². The van der Waals surface area contributed by atoms with Crippen molar-refractivity contribution in [2.45, 2.75) is 26.7 Å². The maximum atomic E-state index is 12.5. The molecule has 0 unspecified atom stereocenters. The Morgan fingerprint density at radius 2 is 2.19 bits per heavy atom. The van der Waals surface area contributed by atoms with Gasteiger partial charge in [-0.3, -0.25) is 9.59 Å². The van der Waals surface area contributed by atoms with E-state index in [0.717, 1.165) is 18.4 Å². The fourth-order valence-electron chi connectivity index (χ4n) is 2.58. The molecule has 21 heavy (non-hydrogen) atoms. The molecule has 2 rings (SSSR count). The van der Waals surface area contributed by atoms with Gasteiger partial charge < -0.3 is 9.64 Å². The quantitative estimate of drug-likeness (QED) is 0.806. The number of ether oxygens (including phenoxy) is 1. The normalized spacial score (nSPS) is 18.4. The first-order valence-corrected chi connectivity index (χ1v) is 7.62. The zero-order valence-electron chi connectivity index (χ0n) is 12.4. The summed E-state index contributed by atoms with van der Waals surface area (Å²) in [4.78, 5) is 26.1. The lowest BCUT2D eigenvalue weighted by molar-refractivity contribution is -0.149. The van der Waals surface area contributed by atoms with Crippen LogP contribution in [-0.4, -0.2) is 36.5 Å². The van der Waals surface area contributed by atoms with Crippen molar-refractivity contribution in [3.05, 3.63) is 34.3 Å². The lowest BCUT2D eigenvalue weighted by atomic mass is 9.97. The Kier molecular flexibility index (Phi) is 5.23. The average Bonchev–Trinajstić information content (AvgIpc) is 2.47. The molecule has 114 valence electrons. The smallest absolute Gasteiger partial charge is 0.310 e. The first-order valence-electron chi connectivity index (χ1n) is 7.25. The molecular weight excluding hydrogens is 290 g/mol. The Hall–Kier alpha value is -1.55. The topological polar surface area (TPSA) is 46.6 Å². The van der Waals surface area contributed by atoms with Gasteiger partial charge in [0.1, 0.15) is 0 Å². The van der Waals surface area contributed by atoms with Gasteiger partial charge >= 0.3 is 5.97 Å². The number of carbonyl (C=O) groups excluding carboxylic acids is 2. The Morgan fingerprint density at radius 1 is 1.43 bits per heavy atom. The van der Waals surface area contributed by atoms with Crippen molar-refractivity contribution in [1.29, 1.82) is 0 Å². The fourth-order valence-corrected chi connectivity index (χ4v) is 2.89. The molecule has 1 aliphatic heterocycles. The van der Waals surface area contributed by atoms with Gasteiger partial charge in [0, 0.05) is 13.1 Å². The molecule has 1 aromatic carbocycles. The molecule has 0 aromatic heterocycles. The largest absolute Gasteiger partial charge is 0.466 e. The minimum Gasteiger partial charge on any atom is -0.466 e. The highest BCUT2D eigenvalue weighted by Crippen LogP contribution is 2.23. The van der Waals surface area contributed by atoms with E-state index in [4.69, 9.17) is 16.3 Å². The van der Waals surface area contributed by atoms with Gasteiger partial charge in [0.25, 0.3) is 5.91 Å². The van der Waals surface area contributed by atoms with Gasteiger partial charge in [0.05, 0.1) is 23.1 Å². The number of likely N-dealkylation sites (tertiary alicyclic amines) is 1. The lowest BCUT2D eigenvalue weighted by Gasteiger charge is -2.31. The first-order chi connectivity index (χ1) is 10.0. The molecule has 0 saturated carbocycles. The third-order valence-corrected chi connectivity index (χ3v) is 4.00. The molecule has 0 N–H and O–H groups in total. The molecule has 1 heterocycles. The molecule has 5 heteroatoms. The number of benzene rings is 1. The number of nitrogens with zero attached hydrogens (tertiary/aromatic N) is 1. The van der Waals surface area contributed by atoms with Crippen molar-refractivity contribution in [2.24, 2.45) is 5.92 Å². The van der Waals surface area contributed by atoms with Crippen molar-refractivity contribution < 1.29 is 14.3 Å². The van der Waals surface area contributed by atoms with Crippen molar-refractivity contribution in [3.8, 4) is 0 Å². The third kappa shape index (κ3) is 3.76. The molecule has 1 amide bonds. The summed E-state index contributed by atoms with van der Waals surface area (Å²) in [6.07, 6.45) is 1.57. The minimum absolute atomic E-state index is 0.117. The third-order valence-electron chi connectivity index (χ3n) is 3.68. The zero-order chi connectivity index (χ0) is 15.4. The van der Waals surface area contributed by atoms with Crippen LogP contribution < -0.4 is 0 Å². The minimum atomic E-state index is -0.230. The van der Waals surface area contributed by atoms with E-state index in [1.54, 1.807) is 24.0 Å².